The second-order valence-electron chi connectivity index (χ2n) is 5.96. The molecule has 104 valence electrons. The van der Waals surface area contributed by atoms with Crippen LogP contribution in [0.1, 0.15) is 56.7 Å². The molecule has 0 radical (unpaired) electrons. The summed E-state index contributed by atoms with van der Waals surface area (Å²) in [7, 11) is 0. The van der Waals surface area contributed by atoms with E-state index in [-0.39, 0.29) is 11.8 Å². The summed E-state index contributed by atoms with van der Waals surface area (Å²) >= 11 is 0. The van der Waals surface area contributed by atoms with Crippen molar-refractivity contribution in [3.63, 3.8) is 0 Å². The van der Waals surface area contributed by atoms with Crippen molar-refractivity contribution >= 4 is 5.91 Å². The van der Waals surface area contributed by atoms with Gasteiger partial charge in [-0.05, 0) is 25.7 Å². The monoisotopic (exact) mass is 263 g/mol. The van der Waals surface area contributed by atoms with Gasteiger partial charge >= 0.3 is 0 Å². The standard InChI is InChI=1S/C14H21N3O2/c1-9-5-3-4-6-12(9)17-8-11(7-13(17)18)14-15-10(2)16-19-14/h9,11-12H,3-8H2,1-2H3/t9?,11-,12?/m0/s1. The van der Waals surface area contributed by atoms with Crippen LogP contribution in [0.15, 0.2) is 4.52 Å². The number of carbonyl (C=O) groups excluding carboxylic acids is 1. The first-order valence-electron chi connectivity index (χ1n) is 7.25. The first kappa shape index (κ1) is 12.6. The molecule has 1 aromatic rings. The van der Waals surface area contributed by atoms with Crippen LogP contribution < -0.4 is 0 Å². The first-order valence-corrected chi connectivity index (χ1v) is 7.25. The van der Waals surface area contributed by atoms with E-state index in [1.807, 2.05) is 6.92 Å². The highest BCUT2D eigenvalue weighted by Crippen LogP contribution is 2.35. The molecule has 1 aromatic heterocycles. The summed E-state index contributed by atoms with van der Waals surface area (Å²) < 4.78 is 5.22. The van der Waals surface area contributed by atoms with Crippen LogP contribution >= 0.6 is 0 Å². The molecule has 2 fully saturated rings. The lowest BCUT2D eigenvalue weighted by atomic mass is 9.85. The molecule has 2 heterocycles. The van der Waals surface area contributed by atoms with E-state index in [1.165, 1.54) is 19.3 Å². The predicted octanol–water partition coefficient (Wildman–Crippen LogP) is 2.27. The van der Waals surface area contributed by atoms with Crippen LogP contribution in [0.5, 0.6) is 0 Å². The van der Waals surface area contributed by atoms with Gasteiger partial charge in [-0.25, -0.2) is 0 Å². The van der Waals surface area contributed by atoms with Crippen molar-refractivity contribution in [3.8, 4) is 0 Å². The lowest BCUT2D eigenvalue weighted by Gasteiger charge is -2.36. The van der Waals surface area contributed by atoms with Gasteiger partial charge in [0.05, 0.1) is 5.92 Å². The maximum Gasteiger partial charge on any atom is 0.232 e. The van der Waals surface area contributed by atoms with Gasteiger partial charge in [0, 0.05) is 19.0 Å². The Morgan fingerprint density at radius 3 is 2.79 bits per heavy atom. The molecule has 2 aliphatic rings. The van der Waals surface area contributed by atoms with Crippen molar-refractivity contribution in [2.75, 3.05) is 6.54 Å². The molecule has 5 nitrogen and oxygen atoms in total. The molecule has 19 heavy (non-hydrogen) atoms. The van der Waals surface area contributed by atoms with Crippen LogP contribution in [0, 0.1) is 12.8 Å². The largest absolute Gasteiger partial charge is 0.339 e. The van der Waals surface area contributed by atoms with E-state index in [0.717, 1.165) is 13.0 Å². The number of amides is 1. The van der Waals surface area contributed by atoms with Gasteiger partial charge in [0.1, 0.15) is 0 Å². The van der Waals surface area contributed by atoms with Crippen molar-refractivity contribution in [3.05, 3.63) is 11.7 Å². The number of carbonyl (C=O) groups is 1. The molecule has 5 heteroatoms. The van der Waals surface area contributed by atoms with Crippen molar-refractivity contribution in [2.45, 2.75) is 57.9 Å². The molecule has 1 aliphatic heterocycles. The lowest BCUT2D eigenvalue weighted by Crippen LogP contribution is -2.42. The summed E-state index contributed by atoms with van der Waals surface area (Å²) in [6, 6.07) is 0.412. The van der Waals surface area contributed by atoms with E-state index in [1.54, 1.807) is 0 Å². The van der Waals surface area contributed by atoms with Gasteiger partial charge in [-0.3, -0.25) is 4.79 Å². The number of aryl methyl sites for hydroxylation is 1. The second kappa shape index (κ2) is 4.94. The fraction of sp³-hybridized carbons (Fsp3) is 0.786. The zero-order chi connectivity index (χ0) is 13.4. The van der Waals surface area contributed by atoms with E-state index in [2.05, 4.69) is 22.0 Å². The minimum Gasteiger partial charge on any atom is -0.339 e. The molecule has 1 saturated heterocycles. The second-order valence-corrected chi connectivity index (χ2v) is 5.96. The number of hydrogen-bond acceptors (Lipinski definition) is 4. The minimum atomic E-state index is 0.0860. The van der Waals surface area contributed by atoms with Gasteiger partial charge in [-0.15, -0.1) is 0 Å². The van der Waals surface area contributed by atoms with Crippen LogP contribution in [-0.4, -0.2) is 33.5 Å². The average Bonchev–Trinajstić information content (AvgIpc) is 2.96. The molecule has 0 bridgehead atoms. The molecular weight excluding hydrogens is 242 g/mol. The Hall–Kier alpha value is -1.39. The number of rotatable bonds is 2. The van der Waals surface area contributed by atoms with E-state index in [0.29, 0.717) is 30.1 Å². The highest BCUT2D eigenvalue weighted by molar-refractivity contribution is 5.79. The molecule has 1 aliphatic carbocycles. The highest BCUT2D eigenvalue weighted by Gasteiger charge is 2.39. The Morgan fingerprint density at radius 1 is 1.32 bits per heavy atom. The zero-order valence-electron chi connectivity index (χ0n) is 11.6. The number of hydrogen-bond donors (Lipinski definition) is 0. The minimum absolute atomic E-state index is 0.0860. The molecule has 0 N–H and O–H groups in total. The van der Waals surface area contributed by atoms with Crippen LogP contribution in [-0.2, 0) is 4.79 Å². The van der Waals surface area contributed by atoms with Crippen molar-refractivity contribution in [1.82, 2.24) is 15.0 Å². The van der Waals surface area contributed by atoms with Crippen molar-refractivity contribution in [2.24, 2.45) is 5.92 Å². The summed E-state index contributed by atoms with van der Waals surface area (Å²) in [6.45, 7) is 4.82. The summed E-state index contributed by atoms with van der Waals surface area (Å²) in [4.78, 5) is 18.6. The average molecular weight is 263 g/mol. The van der Waals surface area contributed by atoms with Crippen LogP contribution in [0.3, 0.4) is 0 Å². The molecule has 3 rings (SSSR count). The summed E-state index contributed by atoms with van der Waals surface area (Å²) in [6.07, 6.45) is 5.43. The molecule has 3 atom stereocenters. The van der Waals surface area contributed by atoms with Crippen LogP contribution in [0.4, 0.5) is 0 Å². The molecule has 1 saturated carbocycles. The Labute approximate surface area is 113 Å². The predicted molar refractivity (Wildman–Crippen MR) is 69.5 cm³/mol. The molecule has 1 amide bonds. The molecule has 0 spiro atoms. The summed E-state index contributed by atoms with van der Waals surface area (Å²) in [5, 5.41) is 3.82. The van der Waals surface area contributed by atoms with Gasteiger partial charge < -0.3 is 9.42 Å². The first-order chi connectivity index (χ1) is 9.15. The van der Waals surface area contributed by atoms with Crippen LogP contribution in [0.25, 0.3) is 0 Å². The Balaban J connectivity index is 1.72. The van der Waals surface area contributed by atoms with Crippen molar-refractivity contribution in [1.29, 1.82) is 0 Å². The van der Waals surface area contributed by atoms with Gasteiger partial charge in [0.2, 0.25) is 11.8 Å². The fourth-order valence-corrected chi connectivity index (χ4v) is 3.46. The van der Waals surface area contributed by atoms with Crippen LogP contribution in [0.2, 0.25) is 0 Å². The third-order valence-corrected chi connectivity index (χ3v) is 4.52. The van der Waals surface area contributed by atoms with Crippen molar-refractivity contribution < 1.29 is 9.32 Å². The molecular formula is C14H21N3O2. The van der Waals surface area contributed by atoms with E-state index in [9.17, 15) is 4.79 Å². The van der Waals surface area contributed by atoms with Gasteiger partial charge in [-0.2, -0.15) is 4.98 Å². The number of aromatic nitrogens is 2. The Morgan fingerprint density at radius 2 is 2.11 bits per heavy atom. The maximum atomic E-state index is 12.2. The van der Waals surface area contributed by atoms with Gasteiger partial charge in [-0.1, -0.05) is 24.9 Å². The SMILES string of the molecule is Cc1noc([C@H]2CC(=O)N(C3CCCCC3C)C2)n1. The molecule has 0 aromatic carbocycles. The van der Waals surface area contributed by atoms with E-state index < -0.39 is 0 Å². The Kier molecular flexibility index (Phi) is 3.29. The number of nitrogens with zero attached hydrogens (tertiary/aromatic N) is 3. The molecule has 2 unspecified atom stereocenters. The van der Waals surface area contributed by atoms with Gasteiger partial charge in [0.25, 0.3) is 0 Å². The summed E-state index contributed by atoms with van der Waals surface area (Å²) in [5.74, 6) is 2.21. The third-order valence-electron chi connectivity index (χ3n) is 4.52. The third kappa shape index (κ3) is 2.38. The van der Waals surface area contributed by atoms with E-state index >= 15 is 0 Å². The summed E-state index contributed by atoms with van der Waals surface area (Å²) in [5.41, 5.74) is 0. The van der Waals surface area contributed by atoms with E-state index in [4.69, 9.17) is 4.52 Å². The maximum absolute atomic E-state index is 12.2. The number of likely N-dealkylation sites (tertiary alicyclic amines) is 1. The van der Waals surface area contributed by atoms with Gasteiger partial charge in [0.15, 0.2) is 5.82 Å². The fourth-order valence-electron chi connectivity index (χ4n) is 3.46. The Bertz CT molecular complexity index is 471. The zero-order valence-corrected chi connectivity index (χ0v) is 11.6. The topological polar surface area (TPSA) is 59.2 Å². The normalized spacial score (nSPS) is 32.0. The smallest absolute Gasteiger partial charge is 0.232 e. The quantitative estimate of drug-likeness (QED) is 0.821. The highest BCUT2D eigenvalue weighted by atomic mass is 16.5. The lowest BCUT2D eigenvalue weighted by molar-refractivity contribution is -0.131.